The molecule has 0 saturated carbocycles. The molecular weight excluding hydrogens is 207 g/mol. The van der Waals surface area contributed by atoms with Crippen molar-refractivity contribution < 1.29 is 9.18 Å². The maximum atomic E-state index is 13.5. The van der Waals surface area contributed by atoms with Crippen molar-refractivity contribution in [2.75, 3.05) is 0 Å². The highest BCUT2D eigenvalue weighted by Crippen LogP contribution is 2.24. The van der Waals surface area contributed by atoms with Crippen molar-refractivity contribution >= 4 is 6.29 Å². The molecule has 16 heavy (non-hydrogen) atoms. The van der Waals surface area contributed by atoms with Gasteiger partial charge in [-0.3, -0.25) is 14.8 Å². The Morgan fingerprint density at radius 1 is 1.38 bits per heavy atom. The lowest BCUT2D eigenvalue weighted by Crippen LogP contribution is -1.96. The largest absolute Gasteiger partial charge is 0.298 e. The molecule has 0 atom stereocenters. The molecule has 0 saturated heterocycles. The number of halogens is 1. The minimum atomic E-state index is -0.421. The quantitative estimate of drug-likeness (QED) is 0.724. The summed E-state index contributed by atoms with van der Waals surface area (Å²) in [4.78, 5) is 18.6. The van der Waals surface area contributed by atoms with Crippen LogP contribution in [0, 0.1) is 12.7 Å². The Labute approximate surface area is 92.0 Å². The summed E-state index contributed by atoms with van der Waals surface area (Å²) in [7, 11) is 0. The second kappa shape index (κ2) is 4.18. The number of carbonyl (C=O) groups excluding carboxylic acids is 1. The number of rotatable bonds is 2. The highest BCUT2D eigenvalue weighted by Gasteiger charge is 2.11. The number of aromatic nitrogens is 2. The number of aldehydes is 1. The van der Waals surface area contributed by atoms with Crippen LogP contribution < -0.4 is 0 Å². The van der Waals surface area contributed by atoms with Gasteiger partial charge in [0.05, 0.1) is 0 Å². The second-order valence-corrected chi connectivity index (χ2v) is 3.35. The van der Waals surface area contributed by atoms with E-state index >= 15 is 0 Å². The van der Waals surface area contributed by atoms with Crippen LogP contribution in [0.5, 0.6) is 0 Å². The zero-order valence-electron chi connectivity index (χ0n) is 8.64. The van der Waals surface area contributed by atoms with Crippen LogP contribution in [0.1, 0.15) is 15.9 Å². The van der Waals surface area contributed by atoms with Gasteiger partial charge >= 0.3 is 0 Å². The van der Waals surface area contributed by atoms with Gasteiger partial charge in [0.25, 0.3) is 0 Å². The Morgan fingerprint density at radius 2 is 2.19 bits per heavy atom. The van der Waals surface area contributed by atoms with Crippen LogP contribution in [0.2, 0.25) is 0 Å². The van der Waals surface area contributed by atoms with Gasteiger partial charge in [-0.05, 0) is 24.6 Å². The van der Waals surface area contributed by atoms with Gasteiger partial charge in [-0.15, -0.1) is 0 Å². The number of nitrogens with zero attached hydrogens (tertiary/aromatic N) is 2. The molecule has 0 N–H and O–H groups in total. The normalized spacial score (nSPS) is 10.1. The van der Waals surface area contributed by atoms with Crippen molar-refractivity contribution in [3.63, 3.8) is 0 Å². The Balaban J connectivity index is 2.65. The summed E-state index contributed by atoms with van der Waals surface area (Å²) in [5, 5.41) is 0. The number of carbonyl (C=O) groups is 1. The van der Waals surface area contributed by atoms with Gasteiger partial charge in [0.2, 0.25) is 0 Å². The van der Waals surface area contributed by atoms with E-state index in [2.05, 4.69) is 9.97 Å². The van der Waals surface area contributed by atoms with Crippen molar-refractivity contribution in [1.82, 2.24) is 9.97 Å². The van der Waals surface area contributed by atoms with E-state index < -0.39 is 5.82 Å². The van der Waals surface area contributed by atoms with Gasteiger partial charge in [-0.1, -0.05) is 0 Å². The highest BCUT2D eigenvalue weighted by molar-refractivity contribution is 5.81. The van der Waals surface area contributed by atoms with Crippen molar-refractivity contribution in [2.45, 2.75) is 6.92 Å². The first-order valence-corrected chi connectivity index (χ1v) is 4.74. The minimum absolute atomic E-state index is 0.219. The van der Waals surface area contributed by atoms with Gasteiger partial charge in [0, 0.05) is 29.7 Å². The zero-order valence-corrected chi connectivity index (χ0v) is 8.64. The summed E-state index contributed by atoms with van der Waals surface area (Å²) in [6.07, 6.45) is 5.17. The molecule has 0 fully saturated rings. The van der Waals surface area contributed by atoms with E-state index in [4.69, 9.17) is 0 Å². The van der Waals surface area contributed by atoms with Crippen LogP contribution in [-0.4, -0.2) is 16.3 Å². The summed E-state index contributed by atoms with van der Waals surface area (Å²) >= 11 is 0. The molecule has 4 heteroatoms. The van der Waals surface area contributed by atoms with Gasteiger partial charge in [-0.25, -0.2) is 4.39 Å². The predicted octanol–water partition coefficient (Wildman–Crippen LogP) is 2.40. The van der Waals surface area contributed by atoms with E-state index in [-0.39, 0.29) is 5.69 Å². The molecule has 0 bridgehead atoms. The lowest BCUT2D eigenvalue weighted by atomic mass is 10.0. The van der Waals surface area contributed by atoms with Gasteiger partial charge in [0.1, 0.15) is 11.5 Å². The molecule has 2 aromatic heterocycles. The first-order chi connectivity index (χ1) is 7.74. The third-order valence-electron chi connectivity index (χ3n) is 2.39. The van der Waals surface area contributed by atoms with Crippen LogP contribution in [0.3, 0.4) is 0 Å². The molecule has 2 heterocycles. The number of hydrogen-bond acceptors (Lipinski definition) is 3. The van der Waals surface area contributed by atoms with Crippen molar-refractivity contribution in [2.24, 2.45) is 0 Å². The van der Waals surface area contributed by atoms with E-state index in [1.165, 1.54) is 30.7 Å². The molecular formula is C12H9FN2O. The average molecular weight is 216 g/mol. The fraction of sp³-hybridized carbons (Fsp3) is 0.0833. The Kier molecular flexibility index (Phi) is 2.72. The predicted molar refractivity (Wildman–Crippen MR) is 57.6 cm³/mol. The minimum Gasteiger partial charge on any atom is -0.298 e. The molecule has 3 nitrogen and oxygen atoms in total. The lowest BCUT2D eigenvalue weighted by Gasteiger charge is -2.06. The molecule has 0 aromatic carbocycles. The van der Waals surface area contributed by atoms with Gasteiger partial charge in [0.15, 0.2) is 6.29 Å². The van der Waals surface area contributed by atoms with E-state index in [1.807, 2.05) is 0 Å². The fourth-order valence-electron chi connectivity index (χ4n) is 1.48. The van der Waals surface area contributed by atoms with Crippen molar-refractivity contribution in [1.29, 1.82) is 0 Å². The number of hydrogen-bond donors (Lipinski definition) is 0. The molecule has 0 aliphatic rings. The molecule has 0 radical (unpaired) electrons. The van der Waals surface area contributed by atoms with Crippen LogP contribution in [0.4, 0.5) is 4.39 Å². The molecule has 2 aromatic rings. The third kappa shape index (κ3) is 1.69. The third-order valence-corrected chi connectivity index (χ3v) is 2.39. The molecule has 2 rings (SSSR count). The van der Waals surface area contributed by atoms with Crippen molar-refractivity contribution in [3.8, 4) is 11.3 Å². The monoisotopic (exact) mass is 216 g/mol. The Hall–Kier alpha value is -2.10. The molecule has 0 amide bonds. The van der Waals surface area contributed by atoms with Gasteiger partial charge in [-0.2, -0.15) is 0 Å². The molecule has 0 unspecified atom stereocenters. The summed E-state index contributed by atoms with van der Waals surface area (Å²) in [6, 6.07) is 2.85. The summed E-state index contributed by atoms with van der Waals surface area (Å²) < 4.78 is 13.5. The summed E-state index contributed by atoms with van der Waals surface area (Å²) in [5.74, 6) is -0.421. The fourth-order valence-corrected chi connectivity index (χ4v) is 1.48. The average Bonchev–Trinajstić information content (AvgIpc) is 2.31. The first kappa shape index (κ1) is 10.4. The Bertz CT molecular complexity index is 540. The topological polar surface area (TPSA) is 42.9 Å². The Morgan fingerprint density at radius 3 is 2.88 bits per heavy atom. The van der Waals surface area contributed by atoms with E-state index in [1.54, 1.807) is 6.92 Å². The lowest BCUT2D eigenvalue weighted by molar-refractivity contribution is 0.112. The molecule has 0 aliphatic carbocycles. The second-order valence-electron chi connectivity index (χ2n) is 3.35. The molecule has 80 valence electrons. The zero-order chi connectivity index (χ0) is 11.5. The van der Waals surface area contributed by atoms with Gasteiger partial charge < -0.3 is 0 Å². The molecule has 0 aliphatic heterocycles. The van der Waals surface area contributed by atoms with Crippen LogP contribution in [0.25, 0.3) is 11.3 Å². The maximum Gasteiger partial charge on any atom is 0.151 e. The standard InChI is InChI=1S/C12H9FN2O/c1-8-9(7-16)5-14-6-10(8)12-11(13)3-2-4-15-12/h2-7H,1H3. The van der Waals surface area contributed by atoms with Crippen LogP contribution in [0.15, 0.2) is 30.7 Å². The summed E-state index contributed by atoms with van der Waals surface area (Å²) in [5.41, 5.74) is 1.89. The van der Waals surface area contributed by atoms with Crippen LogP contribution in [-0.2, 0) is 0 Å². The highest BCUT2D eigenvalue weighted by atomic mass is 19.1. The molecule has 0 spiro atoms. The van der Waals surface area contributed by atoms with Crippen LogP contribution >= 0.6 is 0 Å². The smallest absolute Gasteiger partial charge is 0.151 e. The van der Waals surface area contributed by atoms with E-state index in [0.717, 1.165) is 0 Å². The first-order valence-electron chi connectivity index (χ1n) is 4.74. The van der Waals surface area contributed by atoms with E-state index in [0.29, 0.717) is 23.0 Å². The maximum absolute atomic E-state index is 13.5. The SMILES string of the molecule is Cc1c(C=O)cncc1-c1ncccc1F. The summed E-state index contributed by atoms with van der Waals surface area (Å²) in [6.45, 7) is 1.74. The van der Waals surface area contributed by atoms with Crippen molar-refractivity contribution in [3.05, 3.63) is 47.7 Å². The number of pyridine rings is 2. The van der Waals surface area contributed by atoms with E-state index in [9.17, 15) is 9.18 Å².